The number of aryl methyl sites for hydroxylation is 3. The fraction of sp³-hybridized carbons (Fsp3) is 0.357. The minimum atomic E-state index is -3.95. The molecule has 0 saturated carbocycles. The molecule has 11 nitrogen and oxygen atoms in total. The Morgan fingerprint density at radius 3 is 2.40 bits per heavy atom. The molecule has 12 heteroatoms. The molecule has 3 aromatic heterocycles. The van der Waals surface area contributed by atoms with E-state index in [4.69, 9.17) is 9.47 Å². The smallest absolute Gasteiger partial charge is 0.170 e. The third kappa shape index (κ3) is 6.23. The number of methoxy groups -OCH3 is 1. The van der Waals surface area contributed by atoms with Crippen molar-refractivity contribution in [2.24, 2.45) is 0 Å². The second-order valence-electron chi connectivity index (χ2n) is 9.72. The molecule has 0 amide bonds. The Labute approximate surface area is 233 Å². The molecule has 40 heavy (non-hydrogen) atoms. The average Bonchev–Trinajstić information content (AvgIpc) is 3.31. The van der Waals surface area contributed by atoms with Crippen LogP contribution in [-0.2, 0) is 25.1 Å². The van der Waals surface area contributed by atoms with E-state index < -0.39 is 26.9 Å². The van der Waals surface area contributed by atoms with Crippen LogP contribution in [0.4, 0.5) is 0 Å². The first-order valence-corrected chi connectivity index (χ1v) is 14.3. The summed E-state index contributed by atoms with van der Waals surface area (Å²) in [5.74, 6) is 0.605. The summed E-state index contributed by atoms with van der Waals surface area (Å²) in [5, 5.41) is 7.60. The van der Waals surface area contributed by atoms with Gasteiger partial charge in [-0.2, -0.15) is 0 Å². The van der Waals surface area contributed by atoms with Crippen molar-refractivity contribution in [3.05, 3.63) is 77.4 Å². The Bertz CT molecular complexity index is 1620. The van der Waals surface area contributed by atoms with Gasteiger partial charge in [0.05, 0.1) is 18.0 Å². The van der Waals surface area contributed by atoms with Crippen molar-refractivity contribution >= 4 is 15.6 Å². The summed E-state index contributed by atoms with van der Waals surface area (Å²) in [6, 6.07) is 7.45. The Morgan fingerprint density at radius 2 is 1.75 bits per heavy atom. The van der Waals surface area contributed by atoms with Gasteiger partial charge >= 0.3 is 0 Å². The summed E-state index contributed by atoms with van der Waals surface area (Å²) in [7, 11) is -2.41. The molecule has 0 bridgehead atoms. The highest BCUT2D eigenvalue weighted by atomic mass is 32.2. The largest absolute Gasteiger partial charge is 0.495 e. The van der Waals surface area contributed by atoms with Gasteiger partial charge in [-0.1, -0.05) is 12.1 Å². The van der Waals surface area contributed by atoms with Crippen molar-refractivity contribution in [1.29, 1.82) is 0 Å². The van der Waals surface area contributed by atoms with Crippen LogP contribution in [0, 0.1) is 20.8 Å². The summed E-state index contributed by atoms with van der Waals surface area (Å²) >= 11 is 0. The van der Waals surface area contributed by atoms with Crippen molar-refractivity contribution in [3.8, 4) is 22.8 Å². The van der Waals surface area contributed by atoms with E-state index >= 15 is 0 Å². The Hall–Kier alpha value is -4.03. The van der Waals surface area contributed by atoms with Crippen molar-refractivity contribution in [2.45, 2.75) is 51.7 Å². The molecule has 0 spiro atoms. The maximum absolute atomic E-state index is 13.9. The number of para-hydroxylation sites is 1. The fourth-order valence-electron chi connectivity index (χ4n) is 4.27. The first-order chi connectivity index (χ1) is 19.0. The standard InChI is InChI=1S/C28H32N6O5S/c1-17-10-22(14-29-11-17)28-33-32-24(34(28)25-19(3)8-7-9-23(25)38-6)16-40(36,37)21(5)26(39-15-20(4)35)27-30-12-18(2)13-31-27/h7-14,21,26H,15-16H2,1-6H3/t21-,26+/m1/s1. The van der Waals surface area contributed by atoms with E-state index in [2.05, 4.69) is 25.1 Å². The van der Waals surface area contributed by atoms with E-state index in [1.807, 2.05) is 39.0 Å². The van der Waals surface area contributed by atoms with E-state index in [9.17, 15) is 13.2 Å². The van der Waals surface area contributed by atoms with Gasteiger partial charge in [0.1, 0.15) is 24.2 Å². The zero-order valence-electron chi connectivity index (χ0n) is 23.3. The summed E-state index contributed by atoms with van der Waals surface area (Å²) < 4.78 is 40.9. The Kier molecular flexibility index (Phi) is 8.70. The third-order valence-corrected chi connectivity index (χ3v) is 8.39. The molecule has 0 aliphatic heterocycles. The van der Waals surface area contributed by atoms with Crippen molar-refractivity contribution in [3.63, 3.8) is 0 Å². The number of Topliss-reactive ketones (excluding diaryl/α,β-unsaturated/α-hetero) is 1. The third-order valence-electron chi connectivity index (χ3n) is 6.35. The maximum Gasteiger partial charge on any atom is 0.170 e. The van der Waals surface area contributed by atoms with Gasteiger partial charge in [0.25, 0.3) is 0 Å². The Morgan fingerprint density at radius 1 is 1.02 bits per heavy atom. The predicted molar refractivity (Wildman–Crippen MR) is 149 cm³/mol. The quantitative estimate of drug-likeness (QED) is 0.265. The first-order valence-electron chi connectivity index (χ1n) is 12.6. The van der Waals surface area contributed by atoms with Crippen LogP contribution in [0.2, 0.25) is 0 Å². The molecule has 3 heterocycles. The second-order valence-corrected chi connectivity index (χ2v) is 12.1. The highest BCUT2D eigenvalue weighted by Gasteiger charge is 2.36. The van der Waals surface area contributed by atoms with Crippen molar-refractivity contribution in [2.75, 3.05) is 13.7 Å². The van der Waals surface area contributed by atoms with Gasteiger partial charge in [-0.05, 0) is 63.4 Å². The lowest BCUT2D eigenvalue weighted by atomic mass is 10.1. The van der Waals surface area contributed by atoms with Crippen LogP contribution in [0.3, 0.4) is 0 Å². The van der Waals surface area contributed by atoms with Crippen LogP contribution < -0.4 is 4.74 Å². The molecule has 0 aliphatic carbocycles. The maximum atomic E-state index is 13.9. The molecule has 210 valence electrons. The SMILES string of the molecule is COc1cccc(C)c1-n1c(CS(=O)(=O)[C@H](C)[C@H](OCC(C)=O)c2ncc(C)cn2)nnc1-c1cncc(C)c1. The van der Waals surface area contributed by atoms with E-state index in [0.717, 1.165) is 16.7 Å². The lowest BCUT2D eigenvalue weighted by Gasteiger charge is -2.23. The number of sulfone groups is 1. The van der Waals surface area contributed by atoms with Gasteiger partial charge in [-0.15, -0.1) is 10.2 Å². The molecular weight excluding hydrogens is 532 g/mol. The molecule has 0 unspecified atom stereocenters. The van der Waals surface area contributed by atoms with E-state index in [1.54, 1.807) is 42.5 Å². The zero-order valence-corrected chi connectivity index (χ0v) is 24.1. The number of benzene rings is 1. The van der Waals surface area contributed by atoms with Gasteiger partial charge in [-0.3, -0.25) is 14.3 Å². The number of carbonyl (C=O) groups excluding carboxylic acids is 1. The van der Waals surface area contributed by atoms with E-state index in [1.165, 1.54) is 13.8 Å². The Balaban J connectivity index is 1.81. The van der Waals surface area contributed by atoms with Crippen LogP contribution >= 0.6 is 0 Å². The molecule has 0 saturated heterocycles. The van der Waals surface area contributed by atoms with Gasteiger partial charge in [0.2, 0.25) is 0 Å². The molecule has 4 aromatic rings. The van der Waals surface area contributed by atoms with Gasteiger partial charge in [0, 0.05) is 30.4 Å². The number of hydrogen-bond donors (Lipinski definition) is 0. The first kappa shape index (κ1) is 29.0. The van der Waals surface area contributed by atoms with E-state index in [0.29, 0.717) is 22.8 Å². The fourth-order valence-corrected chi connectivity index (χ4v) is 5.66. The lowest BCUT2D eigenvalue weighted by Crippen LogP contribution is -2.31. The number of nitrogens with zero attached hydrogens (tertiary/aromatic N) is 6. The number of aromatic nitrogens is 6. The molecule has 2 atom stereocenters. The van der Waals surface area contributed by atoms with Gasteiger partial charge < -0.3 is 9.47 Å². The van der Waals surface area contributed by atoms with Gasteiger partial charge in [0.15, 0.2) is 33.1 Å². The molecule has 1 aromatic carbocycles. The summed E-state index contributed by atoms with van der Waals surface area (Å²) in [6.45, 7) is 8.24. The minimum absolute atomic E-state index is 0.177. The summed E-state index contributed by atoms with van der Waals surface area (Å²) in [5.41, 5.74) is 3.85. The van der Waals surface area contributed by atoms with E-state index in [-0.39, 0.29) is 24.0 Å². The van der Waals surface area contributed by atoms with Crippen molar-refractivity contribution in [1.82, 2.24) is 29.7 Å². The monoisotopic (exact) mass is 564 g/mol. The molecule has 0 aliphatic rings. The van der Waals surface area contributed by atoms with Crippen LogP contribution in [0.1, 0.15) is 48.3 Å². The zero-order chi connectivity index (χ0) is 29.0. The number of hydrogen-bond acceptors (Lipinski definition) is 10. The lowest BCUT2D eigenvalue weighted by molar-refractivity contribution is -0.123. The van der Waals surface area contributed by atoms with Crippen LogP contribution in [0.5, 0.6) is 5.75 Å². The summed E-state index contributed by atoms with van der Waals surface area (Å²) in [6.07, 6.45) is 5.46. The molecule has 4 rings (SSSR count). The normalized spacial score (nSPS) is 13.2. The molecule has 0 radical (unpaired) electrons. The van der Waals surface area contributed by atoms with Crippen LogP contribution in [0.25, 0.3) is 17.1 Å². The van der Waals surface area contributed by atoms with Crippen LogP contribution in [-0.4, -0.2) is 62.9 Å². The number of ketones is 1. The average molecular weight is 565 g/mol. The van der Waals surface area contributed by atoms with Crippen LogP contribution in [0.15, 0.2) is 49.1 Å². The number of rotatable bonds is 11. The van der Waals surface area contributed by atoms with Crippen molar-refractivity contribution < 1.29 is 22.7 Å². The molecular formula is C28H32N6O5S. The highest BCUT2D eigenvalue weighted by Crippen LogP contribution is 2.33. The van der Waals surface area contributed by atoms with Gasteiger partial charge in [-0.25, -0.2) is 18.4 Å². The summed E-state index contributed by atoms with van der Waals surface area (Å²) in [4.78, 5) is 24.5. The minimum Gasteiger partial charge on any atom is -0.495 e. The predicted octanol–water partition coefficient (Wildman–Crippen LogP) is 3.70. The molecule has 0 fully saturated rings. The molecule has 0 N–H and O–H groups in total. The number of ether oxygens (including phenoxy) is 2. The second kappa shape index (κ2) is 12.0. The topological polar surface area (TPSA) is 139 Å². The highest BCUT2D eigenvalue weighted by molar-refractivity contribution is 7.91. The number of carbonyl (C=O) groups is 1. The number of pyridine rings is 1.